The molecular weight excluding hydrogens is 320 g/mol. The van der Waals surface area contributed by atoms with Gasteiger partial charge in [-0.05, 0) is 30.7 Å². The monoisotopic (exact) mass is 336 g/mol. The summed E-state index contributed by atoms with van der Waals surface area (Å²) in [5, 5.41) is 16.4. The predicted molar refractivity (Wildman–Crippen MR) is 82.4 cm³/mol. The lowest BCUT2D eigenvalue weighted by molar-refractivity contribution is 0.0690. The molecule has 0 spiro atoms. The Morgan fingerprint density at radius 3 is 2.57 bits per heavy atom. The highest BCUT2D eigenvalue weighted by Crippen LogP contribution is 2.27. The average Bonchev–Trinajstić information content (AvgIpc) is 3.15. The normalized spacial score (nSPS) is 18.3. The Bertz CT molecular complexity index is 829. The maximum Gasteiger partial charge on any atom is 0.358 e. The molecule has 1 atom stereocenters. The van der Waals surface area contributed by atoms with Gasteiger partial charge in [0.25, 0.3) is 0 Å². The van der Waals surface area contributed by atoms with Gasteiger partial charge < -0.3 is 10.0 Å². The lowest BCUT2D eigenvalue weighted by Gasteiger charge is -2.18. The van der Waals surface area contributed by atoms with Gasteiger partial charge in [-0.3, -0.25) is 0 Å². The van der Waals surface area contributed by atoms with E-state index in [1.165, 1.54) is 12.5 Å². The Labute approximate surface area is 133 Å². The molecule has 2 aromatic rings. The summed E-state index contributed by atoms with van der Waals surface area (Å²) in [6, 6.07) is 6.79. The maximum absolute atomic E-state index is 11.5. The topological polar surface area (TPSA) is 105 Å². The fourth-order valence-electron chi connectivity index (χ4n) is 2.65. The first-order valence-corrected chi connectivity index (χ1v) is 8.94. The minimum absolute atomic E-state index is 0.0465. The van der Waals surface area contributed by atoms with E-state index in [0.717, 1.165) is 18.7 Å². The highest BCUT2D eigenvalue weighted by Gasteiger charge is 2.26. The lowest BCUT2D eigenvalue weighted by atomic mass is 10.3. The molecule has 9 heteroatoms. The van der Waals surface area contributed by atoms with Gasteiger partial charge in [-0.15, -0.1) is 5.10 Å². The third kappa shape index (κ3) is 3.19. The number of carboxylic acid groups (broad SMARTS) is 1. The number of aromatic nitrogens is 3. The zero-order valence-electron chi connectivity index (χ0n) is 12.5. The molecule has 1 aromatic heterocycles. The number of nitrogens with zero attached hydrogens (tertiary/aromatic N) is 4. The van der Waals surface area contributed by atoms with E-state index in [4.69, 9.17) is 5.11 Å². The Balaban J connectivity index is 1.73. The third-order valence-corrected chi connectivity index (χ3v) is 5.03. The molecule has 122 valence electrons. The summed E-state index contributed by atoms with van der Waals surface area (Å²) in [4.78, 5) is 13.3. The van der Waals surface area contributed by atoms with Crippen molar-refractivity contribution < 1.29 is 18.3 Å². The van der Waals surface area contributed by atoms with E-state index in [9.17, 15) is 13.2 Å². The summed E-state index contributed by atoms with van der Waals surface area (Å²) < 4.78 is 24.5. The molecule has 2 heterocycles. The molecule has 0 amide bonds. The van der Waals surface area contributed by atoms with Crippen LogP contribution >= 0.6 is 0 Å². The molecule has 3 rings (SSSR count). The molecule has 0 bridgehead atoms. The third-order valence-electron chi connectivity index (χ3n) is 3.90. The number of benzene rings is 1. The van der Waals surface area contributed by atoms with Crippen LogP contribution in [0.4, 0.5) is 5.69 Å². The summed E-state index contributed by atoms with van der Waals surface area (Å²) >= 11 is 0. The van der Waals surface area contributed by atoms with E-state index >= 15 is 0 Å². The minimum atomic E-state index is -3.20. The first-order chi connectivity index (χ1) is 10.8. The number of anilines is 1. The molecule has 1 aliphatic heterocycles. The molecule has 1 fully saturated rings. The molecule has 0 aliphatic carbocycles. The van der Waals surface area contributed by atoms with E-state index in [0.29, 0.717) is 11.4 Å². The number of rotatable bonds is 4. The molecule has 23 heavy (non-hydrogen) atoms. The van der Waals surface area contributed by atoms with Crippen LogP contribution in [0.1, 0.15) is 23.0 Å². The van der Waals surface area contributed by atoms with Crippen molar-refractivity contribution in [2.45, 2.75) is 17.4 Å². The summed E-state index contributed by atoms with van der Waals surface area (Å²) in [6.07, 6.45) is 3.43. The summed E-state index contributed by atoms with van der Waals surface area (Å²) in [6.45, 7) is 1.45. The second-order valence-electron chi connectivity index (χ2n) is 5.54. The van der Waals surface area contributed by atoms with Gasteiger partial charge in [0.05, 0.1) is 17.1 Å². The highest BCUT2D eigenvalue weighted by atomic mass is 32.2. The van der Waals surface area contributed by atoms with Crippen LogP contribution in [-0.2, 0) is 9.84 Å². The molecule has 1 N–H and O–H groups in total. The molecule has 0 saturated carbocycles. The fraction of sp³-hybridized carbons (Fsp3) is 0.357. The Morgan fingerprint density at radius 2 is 2.00 bits per heavy atom. The Morgan fingerprint density at radius 1 is 1.30 bits per heavy atom. The van der Waals surface area contributed by atoms with Crippen molar-refractivity contribution in [2.75, 3.05) is 24.2 Å². The van der Waals surface area contributed by atoms with Crippen molar-refractivity contribution in [2.24, 2.45) is 0 Å². The van der Waals surface area contributed by atoms with Gasteiger partial charge in [0.1, 0.15) is 0 Å². The molecule has 1 aromatic carbocycles. The van der Waals surface area contributed by atoms with Crippen molar-refractivity contribution >= 4 is 21.5 Å². The van der Waals surface area contributed by atoms with Crippen LogP contribution < -0.4 is 4.90 Å². The zero-order valence-corrected chi connectivity index (χ0v) is 13.3. The smallest absolute Gasteiger partial charge is 0.358 e. The van der Waals surface area contributed by atoms with Crippen LogP contribution in [0.5, 0.6) is 0 Å². The van der Waals surface area contributed by atoms with E-state index < -0.39 is 15.8 Å². The quantitative estimate of drug-likeness (QED) is 0.881. The molecule has 1 saturated heterocycles. The van der Waals surface area contributed by atoms with Gasteiger partial charge in [0.15, 0.2) is 15.5 Å². The van der Waals surface area contributed by atoms with Crippen LogP contribution in [0.3, 0.4) is 0 Å². The number of carbonyl (C=O) groups is 1. The SMILES string of the molecule is CS(=O)(=O)c1ccc(N2CCC(n3cc(C(=O)O)nn3)C2)cc1. The summed E-state index contributed by atoms with van der Waals surface area (Å²) in [5.74, 6) is -1.09. The summed E-state index contributed by atoms with van der Waals surface area (Å²) in [7, 11) is -3.20. The van der Waals surface area contributed by atoms with Gasteiger partial charge in [0.2, 0.25) is 0 Å². The fourth-order valence-corrected chi connectivity index (χ4v) is 3.28. The van der Waals surface area contributed by atoms with Crippen molar-refractivity contribution in [3.63, 3.8) is 0 Å². The first-order valence-electron chi connectivity index (χ1n) is 7.05. The lowest BCUT2D eigenvalue weighted by Crippen LogP contribution is -2.21. The number of hydrogen-bond acceptors (Lipinski definition) is 6. The standard InChI is InChI=1S/C14H16N4O4S/c1-23(21,22)12-4-2-10(3-5-12)17-7-6-11(8-17)18-9-13(14(19)20)15-16-18/h2-5,9,11H,6-8H2,1H3,(H,19,20). The first kappa shape index (κ1) is 15.5. The molecule has 8 nitrogen and oxygen atoms in total. The second-order valence-corrected chi connectivity index (χ2v) is 7.56. The predicted octanol–water partition coefficient (Wildman–Crippen LogP) is 0.831. The number of carboxylic acids is 1. The van der Waals surface area contributed by atoms with Crippen LogP contribution in [0.15, 0.2) is 35.4 Å². The van der Waals surface area contributed by atoms with Crippen LogP contribution in [0, 0.1) is 0 Å². The average molecular weight is 336 g/mol. The highest BCUT2D eigenvalue weighted by molar-refractivity contribution is 7.90. The second kappa shape index (κ2) is 5.65. The van der Waals surface area contributed by atoms with Crippen LogP contribution in [0.2, 0.25) is 0 Å². The molecule has 0 radical (unpaired) electrons. The maximum atomic E-state index is 11.5. The van der Waals surface area contributed by atoms with E-state index in [1.807, 2.05) is 0 Å². The summed E-state index contributed by atoms with van der Waals surface area (Å²) in [5.41, 5.74) is 0.861. The Hall–Kier alpha value is -2.42. The van der Waals surface area contributed by atoms with E-state index in [-0.39, 0.29) is 11.7 Å². The van der Waals surface area contributed by atoms with Gasteiger partial charge in [-0.25, -0.2) is 17.9 Å². The zero-order chi connectivity index (χ0) is 16.6. The largest absolute Gasteiger partial charge is 0.476 e. The minimum Gasteiger partial charge on any atom is -0.476 e. The molecular formula is C14H16N4O4S. The molecule has 1 aliphatic rings. The number of sulfone groups is 1. The van der Waals surface area contributed by atoms with Crippen molar-refractivity contribution in [1.29, 1.82) is 0 Å². The number of aromatic carboxylic acids is 1. The Kier molecular flexibility index (Phi) is 3.80. The van der Waals surface area contributed by atoms with Gasteiger partial charge in [-0.1, -0.05) is 5.21 Å². The van der Waals surface area contributed by atoms with Crippen molar-refractivity contribution in [3.05, 3.63) is 36.2 Å². The van der Waals surface area contributed by atoms with Crippen LogP contribution in [-0.4, -0.2) is 53.8 Å². The van der Waals surface area contributed by atoms with E-state index in [2.05, 4.69) is 15.2 Å². The number of hydrogen-bond donors (Lipinski definition) is 1. The van der Waals surface area contributed by atoms with Crippen LogP contribution in [0.25, 0.3) is 0 Å². The molecule has 1 unspecified atom stereocenters. The van der Waals surface area contributed by atoms with Gasteiger partial charge in [-0.2, -0.15) is 0 Å². The van der Waals surface area contributed by atoms with E-state index in [1.54, 1.807) is 28.9 Å². The van der Waals surface area contributed by atoms with Crippen molar-refractivity contribution in [1.82, 2.24) is 15.0 Å². The van der Waals surface area contributed by atoms with Crippen molar-refractivity contribution in [3.8, 4) is 0 Å². The van der Waals surface area contributed by atoms with Gasteiger partial charge in [0, 0.05) is 25.0 Å². The van der Waals surface area contributed by atoms with Gasteiger partial charge >= 0.3 is 5.97 Å².